The number of anilines is 2. The lowest BCUT2D eigenvalue weighted by Gasteiger charge is -2.29. The molecule has 210 valence electrons. The summed E-state index contributed by atoms with van der Waals surface area (Å²) in [7, 11) is 1.41. The summed E-state index contributed by atoms with van der Waals surface area (Å²) in [6, 6.07) is 26.6. The van der Waals surface area contributed by atoms with E-state index >= 15 is 0 Å². The fraction of sp³-hybridized carbons (Fsp3) is 0.129. The second-order valence-electron chi connectivity index (χ2n) is 9.61. The molecule has 0 bridgehead atoms. The van der Waals surface area contributed by atoms with Crippen molar-refractivity contribution < 1.29 is 33.6 Å². The number of carbonyl (C=O) groups is 3. The van der Waals surface area contributed by atoms with Crippen LogP contribution in [0.5, 0.6) is 11.5 Å². The number of fused-ring (bicyclic) bond motifs is 1. The van der Waals surface area contributed by atoms with Gasteiger partial charge in [-0.15, -0.1) is 0 Å². The van der Waals surface area contributed by atoms with E-state index in [9.17, 15) is 24.5 Å². The molecule has 0 radical (unpaired) electrons. The number of nitrogens with zero attached hydrogens (tertiary/aromatic N) is 3. The van der Waals surface area contributed by atoms with E-state index in [1.807, 2.05) is 0 Å². The van der Waals surface area contributed by atoms with E-state index in [4.69, 9.17) is 14.3 Å². The molecule has 4 aromatic rings. The lowest BCUT2D eigenvalue weighted by Crippen LogP contribution is -2.37. The number of para-hydroxylation sites is 1. The minimum absolute atomic E-state index is 0.146. The van der Waals surface area contributed by atoms with Crippen LogP contribution in [-0.4, -0.2) is 35.9 Å². The van der Waals surface area contributed by atoms with Gasteiger partial charge >= 0.3 is 5.97 Å². The van der Waals surface area contributed by atoms with Gasteiger partial charge in [-0.05, 0) is 48.0 Å². The summed E-state index contributed by atoms with van der Waals surface area (Å²) >= 11 is 0. The van der Waals surface area contributed by atoms with Crippen molar-refractivity contribution in [2.24, 2.45) is 5.92 Å². The second kappa shape index (κ2) is 10.8. The number of esters is 1. The predicted molar refractivity (Wildman–Crippen MR) is 150 cm³/mol. The van der Waals surface area contributed by atoms with E-state index in [2.05, 4.69) is 0 Å². The lowest BCUT2D eigenvalue weighted by atomic mass is 9.90. The number of non-ortho nitro benzene ring substituents is 1. The molecule has 0 saturated carbocycles. The first-order chi connectivity index (χ1) is 20.4. The number of methoxy groups -OCH3 is 1. The number of nitro groups is 1. The monoisotopic (exact) mass is 565 g/mol. The topological polar surface area (TPSA) is 129 Å². The molecule has 0 N–H and O–H groups in total. The van der Waals surface area contributed by atoms with Crippen molar-refractivity contribution in [3.05, 3.63) is 124 Å². The summed E-state index contributed by atoms with van der Waals surface area (Å²) in [5.74, 6) is -2.25. The Morgan fingerprint density at radius 3 is 2.21 bits per heavy atom. The van der Waals surface area contributed by atoms with E-state index in [1.54, 1.807) is 78.9 Å². The number of nitro benzene ring substituents is 1. The van der Waals surface area contributed by atoms with Crippen molar-refractivity contribution in [2.75, 3.05) is 17.1 Å². The zero-order valence-corrected chi connectivity index (χ0v) is 22.2. The van der Waals surface area contributed by atoms with E-state index in [-0.39, 0.29) is 22.9 Å². The summed E-state index contributed by atoms with van der Waals surface area (Å²) in [6.45, 7) is 0. The number of amides is 2. The number of imide groups is 1. The molecule has 2 aliphatic heterocycles. The van der Waals surface area contributed by atoms with Crippen LogP contribution in [0.1, 0.15) is 22.0 Å². The van der Waals surface area contributed by atoms with Gasteiger partial charge in [-0.3, -0.25) is 24.5 Å². The van der Waals surface area contributed by atoms with Crippen molar-refractivity contribution in [1.29, 1.82) is 0 Å². The van der Waals surface area contributed by atoms with Gasteiger partial charge in [0.15, 0.2) is 17.6 Å². The maximum Gasteiger partial charge on any atom is 0.343 e. The molecule has 6 rings (SSSR count). The molecule has 2 heterocycles. The summed E-state index contributed by atoms with van der Waals surface area (Å²) in [4.78, 5) is 58.2. The van der Waals surface area contributed by atoms with E-state index in [0.717, 1.165) is 4.90 Å². The van der Waals surface area contributed by atoms with Crippen LogP contribution in [0.2, 0.25) is 0 Å². The van der Waals surface area contributed by atoms with Crippen LogP contribution in [0.15, 0.2) is 103 Å². The Balaban J connectivity index is 1.41. The second-order valence-corrected chi connectivity index (χ2v) is 9.61. The van der Waals surface area contributed by atoms with Gasteiger partial charge < -0.3 is 9.47 Å². The van der Waals surface area contributed by atoms with Gasteiger partial charge in [-0.2, -0.15) is 0 Å². The Morgan fingerprint density at radius 2 is 1.52 bits per heavy atom. The van der Waals surface area contributed by atoms with Gasteiger partial charge in [-0.1, -0.05) is 48.5 Å². The van der Waals surface area contributed by atoms with Crippen LogP contribution in [-0.2, 0) is 14.4 Å². The van der Waals surface area contributed by atoms with Crippen LogP contribution in [0.3, 0.4) is 0 Å². The van der Waals surface area contributed by atoms with E-state index < -0.39 is 40.8 Å². The Morgan fingerprint density at radius 1 is 0.833 bits per heavy atom. The zero-order valence-electron chi connectivity index (χ0n) is 22.2. The van der Waals surface area contributed by atoms with Gasteiger partial charge in [0, 0.05) is 12.1 Å². The van der Waals surface area contributed by atoms with Crippen LogP contribution < -0.4 is 19.4 Å². The van der Waals surface area contributed by atoms with Crippen molar-refractivity contribution >= 4 is 34.8 Å². The molecule has 0 aromatic heterocycles. The molecule has 0 spiro atoms. The lowest BCUT2D eigenvalue weighted by molar-refractivity contribution is -0.384. The molecule has 4 aromatic carbocycles. The van der Waals surface area contributed by atoms with Gasteiger partial charge in [0.2, 0.25) is 5.91 Å². The molecule has 11 nitrogen and oxygen atoms in total. The zero-order chi connectivity index (χ0) is 29.4. The van der Waals surface area contributed by atoms with Crippen molar-refractivity contribution in [3.8, 4) is 11.5 Å². The van der Waals surface area contributed by atoms with Crippen molar-refractivity contribution in [3.63, 3.8) is 0 Å². The first-order valence-corrected chi connectivity index (χ1v) is 13.0. The third kappa shape index (κ3) is 4.61. The maximum atomic E-state index is 13.8. The number of rotatable bonds is 7. The Kier molecular flexibility index (Phi) is 6.85. The van der Waals surface area contributed by atoms with Gasteiger partial charge in [0.05, 0.1) is 35.0 Å². The number of carbonyl (C=O) groups excluding carboxylic acids is 3. The molecule has 42 heavy (non-hydrogen) atoms. The maximum absolute atomic E-state index is 13.8. The third-order valence-electron chi connectivity index (χ3n) is 7.17. The van der Waals surface area contributed by atoms with E-state index in [0.29, 0.717) is 16.8 Å². The quantitative estimate of drug-likeness (QED) is 0.101. The summed E-state index contributed by atoms with van der Waals surface area (Å²) in [5.41, 5.74) is 1.36. The summed E-state index contributed by atoms with van der Waals surface area (Å²) < 4.78 is 11.1. The van der Waals surface area contributed by atoms with Gasteiger partial charge in [0.1, 0.15) is 5.92 Å². The highest BCUT2D eigenvalue weighted by molar-refractivity contribution is 6.23. The number of benzene rings is 4. The molecule has 0 unspecified atom stereocenters. The van der Waals surface area contributed by atoms with Crippen LogP contribution in [0, 0.1) is 16.0 Å². The van der Waals surface area contributed by atoms with Crippen LogP contribution in [0.4, 0.5) is 17.1 Å². The SMILES string of the molecule is COc1cc([C@H]2[C@@H]3C(=O)N(c4ccccc4)C(=O)[C@H]3ON2c2cccc([N+](=O)[O-])c2)ccc1OC(=O)c1ccccc1. The van der Waals surface area contributed by atoms with Crippen molar-refractivity contribution in [1.82, 2.24) is 0 Å². The predicted octanol–water partition coefficient (Wildman–Crippen LogP) is 4.87. The molecular formula is C31H23N3O8. The minimum Gasteiger partial charge on any atom is -0.493 e. The molecular weight excluding hydrogens is 542 g/mol. The average Bonchev–Trinajstić information content (AvgIpc) is 3.53. The van der Waals surface area contributed by atoms with Gasteiger partial charge in [0.25, 0.3) is 11.6 Å². The minimum atomic E-state index is -1.18. The molecule has 3 atom stereocenters. The molecule has 2 saturated heterocycles. The number of hydrogen-bond donors (Lipinski definition) is 0. The Hall–Kier alpha value is -5.55. The molecule has 0 aliphatic carbocycles. The van der Waals surface area contributed by atoms with E-state index in [1.165, 1.54) is 36.4 Å². The van der Waals surface area contributed by atoms with Gasteiger partial charge in [-0.25, -0.2) is 14.8 Å². The fourth-order valence-corrected chi connectivity index (χ4v) is 5.24. The Bertz CT molecular complexity index is 1700. The summed E-state index contributed by atoms with van der Waals surface area (Å²) in [6.07, 6.45) is -1.18. The highest BCUT2D eigenvalue weighted by atomic mass is 16.7. The first-order valence-electron chi connectivity index (χ1n) is 13.0. The van der Waals surface area contributed by atoms with Crippen LogP contribution >= 0.6 is 0 Å². The highest BCUT2D eigenvalue weighted by Crippen LogP contribution is 2.49. The molecule has 2 aliphatic rings. The smallest absolute Gasteiger partial charge is 0.343 e. The van der Waals surface area contributed by atoms with Crippen LogP contribution in [0.25, 0.3) is 0 Å². The number of ether oxygens (including phenoxy) is 2. The first kappa shape index (κ1) is 26.7. The molecule has 2 amide bonds. The summed E-state index contributed by atoms with van der Waals surface area (Å²) in [5, 5.41) is 12.9. The molecule has 2 fully saturated rings. The standard InChI is InChI=1S/C31H23N3O8/c1-40-25-17-20(15-16-24(25)41-31(37)19-9-4-2-5-10-19)27-26-28(30(36)32(29(26)35)21-11-6-3-7-12-21)42-33(27)22-13-8-14-23(18-22)34(38)39/h2-18,26-28H,1H3/t26-,27-,28-/m0/s1. The largest absolute Gasteiger partial charge is 0.493 e. The normalized spacial score (nSPS) is 19.5. The highest BCUT2D eigenvalue weighted by Gasteiger charge is 2.60. The fourth-order valence-electron chi connectivity index (χ4n) is 5.24. The average molecular weight is 566 g/mol. The number of hydroxylamine groups is 1. The van der Waals surface area contributed by atoms with Crippen molar-refractivity contribution in [2.45, 2.75) is 12.1 Å². The Labute approximate surface area is 239 Å². The molecule has 11 heteroatoms. The third-order valence-corrected chi connectivity index (χ3v) is 7.17. The number of hydrogen-bond acceptors (Lipinski definition) is 9.